The van der Waals surface area contributed by atoms with Crippen molar-refractivity contribution < 1.29 is 27.1 Å². The lowest BCUT2D eigenvalue weighted by Gasteiger charge is -2.42. The molecule has 0 saturated carbocycles. The van der Waals surface area contributed by atoms with Crippen LogP contribution in [0.5, 0.6) is 0 Å². The topological polar surface area (TPSA) is 42.5 Å². The standard InChI is InChI=1S/C28H32F5N3O/c1-16-9-21-20-5-2-3-6-24(20)34-26(21)27(36(16)15-19(31)12-30)25-22(32)10-17(11-23(25)33)28(37)18-13-35(14-18)8-4-7-29/h2-3,5-6,10-11,16,18-19,27-28,34,37H,4,7-9,12-15H2,1H3/t16-,19+,27?,28-/m1/s1. The molecule has 2 aliphatic rings. The number of halogens is 5. The van der Waals surface area contributed by atoms with E-state index in [0.29, 0.717) is 38.2 Å². The van der Waals surface area contributed by atoms with Crippen LogP contribution >= 0.6 is 0 Å². The highest BCUT2D eigenvalue weighted by atomic mass is 19.2. The van der Waals surface area contributed by atoms with Crippen LogP contribution in [0.15, 0.2) is 36.4 Å². The van der Waals surface area contributed by atoms with Gasteiger partial charge in [0.15, 0.2) is 0 Å². The normalized spacial score (nSPS) is 22.7. The number of hydrogen-bond acceptors (Lipinski definition) is 3. The van der Waals surface area contributed by atoms with Crippen LogP contribution in [0.1, 0.15) is 47.9 Å². The van der Waals surface area contributed by atoms with Crippen LogP contribution in [0.2, 0.25) is 0 Å². The molecule has 1 aromatic heterocycles. The van der Waals surface area contributed by atoms with Crippen molar-refractivity contribution in [2.45, 2.75) is 44.1 Å². The summed E-state index contributed by atoms with van der Waals surface area (Å²) >= 11 is 0. The molecule has 3 heterocycles. The van der Waals surface area contributed by atoms with Crippen molar-refractivity contribution in [3.63, 3.8) is 0 Å². The van der Waals surface area contributed by atoms with Crippen molar-refractivity contribution in [2.75, 3.05) is 39.5 Å². The van der Waals surface area contributed by atoms with Gasteiger partial charge in [0.25, 0.3) is 0 Å². The molecule has 2 aliphatic heterocycles. The number of aliphatic hydroxyl groups excluding tert-OH is 1. The maximum atomic E-state index is 15.7. The Bertz CT molecular complexity index is 1220. The number of aromatic nitrogens is 1. The second-order valence-electron chi connectivity index (χ2n) is 10.4. The van der Waals surface area contributed by atoms with Crippen LogP contribution in [-0.4, -0.2) is 71.6 Å². The molecule has 9 heteroatoms. The summed E-state index contributed by atoms with van der Waals surface area (Å²) < 4.78 is 71.4. The maximum Gasteiger partial charge on any atom is 0.141 e. The predicted molar refractivity (Wildman–Crippen MR) is 133 cm³/mol. The number of H-pyrrole nitrogens is 1. The van der Waals surface area contributed by atoms with E-state index >= 15 is 8.78 Å². The van der Waals surface area contributed by atoms with Gasteiger partial charge in [-0.25, -0.2) is 17.6 Å². The van der Waals surface area contributed by atoms with E-state index in [-0.39, 0.29) is 29.6 Å². The van der Waals surface area contributed by atoms with Gasteiger partial charge < -0.3 is 15.0 Å². The third-order valence-corrected chi connectivity index (χ3v) is 7.85. The van der Waals surface area contributed by atoms with Crippen molar-refractivity contribution in [1.29, 1.82) is 0 Å². The molecule has 1 fully saturated rings. The monoisotopic (exact) mass is 521 g/mol. The summed E-state index contributed by atoms with van der Waals surface area (Å²) in [6, 6.07) is 8.58. The molecule has 4 atom stereocenters. The average Bonchev–Trinajstić information content (AvgIpc) is 3.22. The number of aromatic amines is 1. The van der Waals surface area contributed by atoms with Crippen molar-refractivity contribution in [1.82, 2.24) is 14.8 Å². The minimum absolute atomic E-state index is 0.133. The molecule has 200 valence electrons. The largest absolute Gasteiger partial charge is 0.388 e. The summed E-state index contributed by atoms with van der Waals surface area (Å²) in [5.74, 6) is -1.88. The Hall–Kier alpha value is -2.49. The number of benzene rings is 2. The first-order valence-electron chi connectivity index (χ1n) is 12.8. The quantitative estimate of drug-likeness (QED) is 0.370. The smallest absolute Gasteiger partial charge is 0.141 e. The lowest BCUT2D eigenvalue weighted by atomic mass is 9.85. The molecule has 0 radical (unpaired) electrons. The average molecular weight is 522 g/mol. The maximum absolute atomic E-state index is 15.7. The first-order valence-corrected chi connectivity index (χ1v) is 12.8. The van der Waals surface area contributed by atoms with Gasteiger partial charge in [0.05, 0.1) is 18.8 Å². The lowest BCUT2D eigenvalue weighted by molar-refractivity contribution is -0.00641. The molecule has 0 bridgehead atoms. The molecule has 5 rings (SSSR count). The van der Waals surface area contributed by atoms with Crippen molar-refractivity contribution in [2.24, 2.45) is 5.92 Å². The van der Waals surface area contributed by atoms with Gasteiger partial charge >= 0.3 is 0 Å². The highest BCUT2D eigenvalue weighted by Crippen LogP contribution is 2.43. The Morgan fingerprint density at radius 3 is 2.49 bits per heavy atom. The summed E-state index contributed by atoms with van der Waals surface area (Å²) in [7, 11) is 0. The van der Waals surface area contributed by atoms with Crippen LogP contribution in [0.25, 0.3) is 10.9 Å². The van der Waals surface area contributed by atoms with Crippen LogP contribution in [0.4, 0.5) is 22.0 Å². The Balaban J connectivity index is 1.51. The number of rotatable bonds is 9. The van der Waals surface area contributed by atoms with Gasteiger partial charge in [0.2, 0.25) is 0 Å². The predicted octanol–water partition coefficient (Wildman–Crippen LogP) is 5.41. The summed E-state index contributed by atoms with van der Waals surface area (Å²) in [4.78, 5) is 6.89. The van der Waals surface area contributed by atoms with Gasteiger partial charge in [-0.3, -0.25) is 9.29 Å². The van der Waals surface area contributed by atoms with Gasteiger partial charge in [-0.1, -0.05) is 18.2 Å². The summed E-state index contributed by atoms with van der Waals surface area (Å²) in [5.41, 5.74) is 2.17. The van der Waals surface area contributed by atoms with Gasteiger partial charge in [-0.15, -0.1) is 0 Å². The van der Waals surface area contributed by atoms with Crippen LogP contribution < -0.4 is 0 Å². The van der Waals surface area contributed by atoms with E-state index in [1.165, 1.54) is 0 Å². The third-order valence-electron chi connectivity index (χ3n) is 7.85. The minimum atomic E-state index is -1.79. The van der Waals surface area contributed by atoms with Crippen LogP contribution in [-0.2, 0) is 6.42 Å². The fourth-order valence-electron chi connectivity index (χ4n) is 5.96. The molecule has 2 aromatic carbocycles. The van der Waals surface area contributed by atoms with E-state index in [0.717, 1.165) is 28.6 Å². The highest BCUT2D eigenvalue weighted by molar-refractivity contribution is 5.85. The van der Waals surface area contributed by atoms with Gasteiger partial charge in [-0.2, -0.15) is 0 Å². The molecular weight excluding hydrogens is 489 g/mol. The number of hydrogen-bond donors (Lipinski definition) is 2. The van der Waals surface area contributed by atoms with Gasteiger partial charge in [-0.05, 0) is 49.1 Å². The highest BCUT2D eigenvalue weighted by Gasteiger charge is 2.40. The van der Waals surface area contributed by atoms with E-state index in [2.05, 4.69) is 4.98 Å². The number of nitrogens with one attached hydrogen (secondary N) is 1. The van der Waals surface area contributed by atoms with Crippen LogP contribution in [0, 0.1) is 17.6 Å². The summed E-state index contributed by atoms with van der Waals surface area (Å²) in [5, 5.41) is 11.7. The SMILES string of the molecule is C[C@@H]1Cc2c([nH]c3ccccc23)C(c2c(F)cc([C@@H](O)C3CN(CCCF)C3)cc2F)N1C[C@@H](F)CF. The molecule has 0 aliphatic carbocycles. The molecule has 1 unspecified atom stereocenters. The zero-order valence-electron chi connectivity index (χ0n) is 20.7. The number of alkyl halides is 3. The minimum Gasteiger partial charge on any atom is -0.388 e. The Labute approximate surface area is 213 Å². The zero-order valence-corrected chi connectivity index (χ0v) is 20.7. The molecule has 0 spiro atoms. The van der Waals surface area contributed by atoms with Crippen molar-refractivity contribution in [3.05, 3.63) is 70.4 Å². The second kappa shape index (κ2) is 10.7. The molecule has 4 nitrogen and oxygen atoms in total. The first-order chi connectivity index (χ1) is 17.8. The van der Waals surface area contributed by atoms with E-state index in [1.807, 2.05) is 36.1 Å². The lowest BCUT2D eigenvalue weighted by Crippen LogP contribution is -2.49. The fraction of sp³-hybridized carbons (Fsp3) is 0.500. The Morgan fingerprint density at radius 1 is 1.11 bits per heavy atom. The molecule has 2 N–H and O–H groups in total. The zero-order chi connectivity index (χ0) is 26.3. The number of aliphatic hydroxyl groups is 1. The van der Waals surface area contributed by atoms with Crippen molar-refractivity contribution >= 4 is 10.9 Å². The van der Waals surface area contributed by atoms with Gasteiger partial charge in [0.1, 0.15) is 24.5 Å². The van der Waals surface area contributed by atoms with E-state index in [9.17, 15) is 18.3 Å². The second-order valence-corrected chi connectivity index (χ2v) is 10.4. The molecule has 1 saturated heterocycles. The third kappa shape index (κ3) is 4.89. The number of likely N-dealkylation sites (tertiary alicyclic amines) is 1. The Morgan fingerprint density at radius 2 is 1.81 bits per heavy atom. The van der Waals surface area contributed by atoms with E-state index < -0.39 is 43.3 Å². The molecular formula is C28H32F5N3O. The Kier molecular flexibility index (Phi) is 7.56. The van der Waals surface area contributed by atoms with Crippen LogP contribution in [0.3, 0.4) is 0 Å². The summed E-state index contributed by atoms with van der Waals surface area (Å²) in [6.07, 6.45) is -1.92. The fourth-order valence-corrected chi connectivity index (χ4v) is 5.96. The van der Waals surface area contributed by atoms with E-state index in [1.54, 1.807) is 4.90 Å². The molecule has 3 aromatic rings. The molecule has 0 amide bonds. The number of para-hydroxylation sites is 1. The van der Waals surface area contributed by atoms with E-state index in [4.69, 9.17) is 0 Å². The van der Waals surface area contributed by atoms with Gasteiger partial charge in [0, 0.05) is 60.3 Å². The summed E-state index contributed by atoms with van der Waals surface area (Å²) in [6.45, 7) is 1.58. The number of fused-ring (bicyclic) bond motifs is 3. The number of nitrogens with zero attached hydrogens (tertiary/aromatic N) is 2. The van der Waals surface area contributed by atoms with Crippen molar-refractivity contribution in [3.8, 4) is 0 Å². The first kappa shape index (κ1) is 26.1. The molecule has 37 heavy (non-hydrogen) atoms.